The Labute approximate surface area is 136 Å². The van der Waals surface area contributed by atoms with E-state index in [0.29, 0.717) is 5.56 Å². The van der Waals surface area contributed by atoms with Crippen molar-refractivity contribution in [1.29, 1.82) is 0 Å². The van der Waals surface area contributed by atoms with Crippen molar-refractivity contribution in [1.82, 2.24) is 5.32 Å². The topological polar surface area (TPSA) is 47.6 Å². The maximum absolute atomic E-state index is 11.3. The Balaban J connectivity index is 0.00000242. The van der Waals surface area contributed by atoms with Crippen molar-refractivity contribution in [2.75, 3.05) is 14.2 Å². The van der Waals surface area contributed by atoms with Gasteiger partial charge < -0.3 is 14.8 Å². The van der Waals surface area contributed by atoms with Crippen molar-refractivity contribution in [3.05, 3.63) is 65.2 Å². The molecular weight excluding hydrogens is 302 g/mol. The molecule has 0 aromatic heterocycles. The van der Waals surface area contributed by atoms with Gasteiger partial charge in [0.05, 0.1) is 19.8 Å². The lowest BCUT2D eigenvalue weighted by Gasteiger charge is -2.07. The molecule has 4 nitrogen and oxygen atoms in total. The molecule has 118 valence electrons. The van der Waals surface area contributed by atoms with Gasteiger partial charge in [-0.1, -0.05) is 24.3 Å². The smallest absolute Gasteiger partial charge is 0.337 e. The van der Waals surface area contributed by atoms with Gasteiger partial charge >= 0.3 is 5.97 Å². The zero-order valence-corrected chi connectivity index (χ0v) is 13.5. The summed E-state index contributed by atoms with van der Waals surface area (Å²) in [6.45, 7) is 1.49. The van der Waals surface area contributed by atoms with Gasteiger partial charge in [-0.15, -0.1) is 12.4 Å². The minimum atomic E-state index is -0.314. The summed E-state index contributed by atoms with van der Waals surface area (Å²) in [7, 11) is 3.04. The van der Waals surface area contributed by atoms with E-state index in [-0.39, 0.29) is 18.4 Å². The molecule has 0 aliphatic rings. The minimum absolute atomic E-state index is 0. The Bertz CT molecular complexity index is 599. The van der Waals surface area contributed by atoms with Gasteiger partial charge in [-0.25, -0.2) is 4.79 Å². The highest BCUT2D eigenvalue weighted by atomic mass is 35.5. The number of hydrogen-bond donors (Lipinski definition) is 1. The fourth-order valence-electron chi connectivity index (χ4n) is 2.01. The third-order valence-corrected chi connectivity index (χ3v) is 3.17. The summed E-state index contributed by atoms with van der Waals surface area (Å²) in [5, 5.41) is 3.36. The van der Waals surface area contributed by atoms with E-state index in [2.05, 4.69) is 16.1 Å². The zero-order chi connectivity index (χ0) is 15.1. The summed E-state index contributed by atoms with van der Waals surface area (Å²) in [6, 6.07) is 15.3. The molecule has 0 aliphatic carbocycles. The Hall–Kier alpha value is -2.04. The normalized spacial score (nSPS) is 9.73. The second kappa shape index (κ2) is 9.07. The molecule has 0 radical (unpaired) electrons. The van der Waals surface area contributed by atoms with Crippen molar-refractivity contribution >= 4 is 18.4 Å². The zero-order valence-electron chi connectivity index (χ0n) is 12.7. The monoisotopic (exact) mass is 321 g/mol. The Morgan fingerprint density at radius 2 is 1.68 bits per heavy atom. The lowest BCUT2D eigenvalue weighted by atomic mass is 10.1. The number of nitrogens with one attached hydrogen (secondary N) is 1. The average molecular weight is 322 g/mol. The first-order chi connectivity index (χ1) is 10.2. The highest BCUT2D eigenvalue weighted by Gasteiger charge is 2.04. The first-order valence-electron chi connectivity index (χ1n) is 6.74. The molecule has 0 fully saturated rings. The largest absolute Gasteiger partial charge is 0.497 e. The van der Waals surface area contributed by atoms with Crippen LogP contribution in [0.15, 0.2) is 48.5 Å². The summed E-state index contributed by atoms with van der Waals surface area (Å²) in [5.74, 6) is 0.544. The summed E-state index contributed by atoms with van der Waals surface area (Å²) in [6.07, 6.45) is 0. The van der Waals surface area contributed by atoms with E-state index < -0.39 is 0 Å². The lowest BCUT2D eigenvalue weighted by molar-refractivity contribution is 0.0600. The van der Waals surface area contributed by atoms with Crippen LogP contribution >= 0.6 is 12.4 Å². The molecule has 0 amide bonds. The third kappa shape index (κ3) is 5.06. The van der Waals surface area contributed by atoms with Crippen molar-refractivity contribution < 1.29 is 14.3 Å². The van der Waals surface area contributed by atoms with Gasteiger partial charge in [0.2, 0.25) is 0 Å². The van der Waals surface area contributed by atoms with E-state index in [4.69, 9.17) is 4.74 Å². The number of rotatable bonds is 6. The summed E-state index contributed by atoms with van der Waals surface area (Å²) in [4.78, 5) is 11.3. The quantitative estimate of drug-likeness (QED) is 0.830. The highest BCUT2D eigenvalue weighted by Crippen LogP contribution is 2.12. The predicted octanol–water partition coefficient (Wildman–Crippen LogP) is 3.19. The van der Waals surface area contributed by atoms with Crippen LogP contribution in [0.2, 0.25) is 0 Å². The molecule has 22 heavy (non-hydrogen) atoms. The molecule has 0 aliphatic heterocycles. The maximum Gasteiger partial charge on any atom is 0.337 e. The van der Waals surface area contributed by atoms with Gasteiger partial charge in [0.25, 0.3) is 0 Å². The van der Waals surface area contributed by atoms with Crippen molar-refractivity contribution in [3.8, 4) is 5.75 Å². The SMILES string of the molecule is COC(=O)c1ccc(CNCc2cccc(OC)c2)cc1.Cl. The fraction of sp³-hybridized carbons (Fsp3) is 0.235. The van der Waals surface area contributed by atoms with Gasteiger partial charge in [-0.3, -0.25) is 0 Å². The standard InChI is InChI=1S/C17H19NO3.ClH/c1-20-16-5-3-4-14(10-16)12-18-11-13-6-8-15(9-7-13)17(19)21-2;/h3-10,18H,11-12H2,1-2H3;1H. The van der Waals surface area contributed by atoms with Crippen LogP contribution < -0.4 is 10.1 Å². The molecule has 0 spiro atoms. The lowest BCUT2D eigenvalue weighted by Crippen LogP contribution is -2.12. The van der Waals surface area contributed by atoms with Gasteiger partial charge in [-0.2, -0.15) is 0 Å². The van der Waals surface area contributed by atoms with E-state index in [1.54, 1.807) is 19.2 Å². The minimum Gasteiger partial charge on any atom is -0.497 e. The second-order valence-corrected chi connectivity index (χ2v) is 4.64. The molecule has 0 atom stereocenters. The number of benzene rings is 2. The molecule has 0 unspecified atom stereocenters. The van der Waals surface area contributed by atoms with Gasteiger partial charge in [0.1, 0.15) is 5.75 Å². The second-order valence-electron chi connectivity index (χ2n) is 4.64. The summed E-state index contributed by atoms with van der Waals surface area (Å²) >= 11 is 0. The first-order valence-corrected chi connectivity index (χ1v) is 6.74. The molecule has 0 saturated heterocycles. The van der Waals surface area contributed by atoms with Crippen molar-refractivity contribution in [2.24, 2.45) is 0 Å². The third-order valence-electron chi connectivity index (χ3n) is 3.17. The van der Waals surface area contributed by atoms with Crippen LogP contribution in [-0.4, -0.2) is 20.2 Å². The maximum atomic E-state index is 11.3. The molecule has 0 saturated carbocycles. The molecule has 2 rings (SSSR count). The Morgan fingerprint density at radius 3 is 2.32 bits per heavy atom. The molecular formula is C17H20ClNO3. The Morgan fingerprint density at radius 1 is 1.00 bits per heavy atom. The number of ether oxygens (including phenoxy) is 2. The molecule has 1 N–H and O–H groups in total. The molecule has 0 heterocycles. The number of carbonyl (C=O) groups excluding carboxylic acids is 1. The van der Waals surface area contributed by atoms with Crippen molar-refractivity contribution in [3.63, 3.8) is 0 Å². The van der Waals surface area contributed by atoms with Crippen LogP contribution in [0, 0.1) is 0 Å². The molecule has 5 heteroatoms. The number of esters is 1. The number of halogens is 1. The van der Waals surface area contributed by atoms with E-state index in [0.717, 1.165) is 24.4 Å². The number of methoxy groups -OCH3 is 2. The van der Waals surface area contributed by atoms with E-state index in [1.165, 1.54) is 12.7 Å². The fourth-order valence-corrected chi connectivity index (χ4v) is 2.01. The summed E-state index contributed by atoms with van der Waals surface area (Å²) in [5.41, 5.74) is 2.85. The predicted molar refractivity (Wildman–Crippen MR) is 88.6 cm³/mol. The van der Waals surface area contributed by atoms with Gasteiger partial charge in [0, 0.05) is 13.1 Å². The van der Waals surface area contributed by atoms with Crippen LogP contribution in [0.3, 0.4) is 0 Å². The van der Waals surface area contributed by atoms with E-state index >= 15 is 0 Å². The van der Waals surface area contributed by atoms with Gasteiger partial charge in [0.15, 0.2) is 0 Å². The highest BCUT2D eigenvalue weighted by molar-refractivity contribution is 5.89. The van der Waals surface area contributed by atoms with Crippen LogP contribution in [0.5, 0.6) is 5.75 Å². The van der Waals surface area contributed by atoms with E-state index in [9.17, 15) is 4.79 Å². The van der Waals surface area contributed by atoms with Crippen LogP contribution in [0.1, 0.15) is 21.5 Å². The van der Waals surface area contributed by atoms with Crippen LogP contribution in [0.4, 0.5) is 0 Å². The molecule has 0 bridgehead atoms. The molecule has 2 aromatic rings. The number of carbonyl (C=O) groups is 1. The summed E-state index contributed by atoms with van der Waals surface area (Å²) < 4.78 is 9.86. The molecule has 2 aromatic carbocycles. The van der Waals surface area contributed by atoms with Crippen LogP contribution in [0.25, 0.3) is 0 Å². The van der Waals surface area contributed by atoms with Crippen molar-refractivity contribution in [2.45, 2.75) is 13.1 Å². The van der Waals surface area contributed by atoms with Gasteiger partial charge in [-0.05, 0) is 35.4 Å². The average Bonchev–Trinajstić information content (AvgIpc) is 2.55. The van der Waals surface area contributed by atoms with Crippen LogP contribution in [-0.2, 0) is 17.8 Å². The first kappa shape index (κ1) is 18.0. The Kier molecular flexibility index (Phi) is 7.43. The van der Waals surface area contributed by atoms with E-state index in [1.807, 2.05) is 30.3 Å². The number of hydrogen-bond acceptors (Lipinski definition) is 4.